The van der Waals surface area contributed by atoms with Crippen molar-refractivity contribution in [2.45, 2.75) is 39.2 Å². The summed E-state index contributed by atoms with van der Waals surface area (Å²) in [6, 6.07) is 10.2. The lowest BCUT2D eigenvalue weighted by molar-refractivity contribution is -0.127. The minimum Gasteiger partial charge on any atom is -0.339 e. The molecule has 0 unspecified atom stereocenters. The van der Waals surface area contributed by atoms with Crippen molar-refractivity contribution in [3.05, 3.63) is 53.7 Å². The van der Waals surface area contributed by atoms with E-state index in [2.05, 4.69) is 39.3 Å². The summed E-state index contributed by atoms with van der Waals surface area (Å²) in [6.45, 7) is 6.29. The standard InChI is InChI=1S/C22H28N4O2/c1-2-20-23-19(24-28-20)16-25-13-10-22(11-14-25)15-21(27)26(17-22)12-6-9-18-7-4-3-5-8-18/h3-9H,2,10-17H2,1H3. The molecule has 2 fully saturated rings. The highest BCUT2D eigenvalue weighted by Gasteiger charge is 2.44. The molecule has 28 heavy (non-hydrogen) atoms. The van der Waals surface area contributed by atoms with E-state index in [4.69, 9.17) is 4.52 Å². The van der Waals surface area contributed by atoms with Crippen LogP contribution in [0.4, 0.5) is 0 Å². The van der Waals surface area contributed by atoms with Crippen LogP contribution in [-0.2, 0) is 17.8 Å². The van der Waals surface area contributed by atoms with Gasteiger partial charge in [0.2, 0.25) is 11.8 Å². The van der Waals surface area contributed by atoms with Gasteiger partial charge >= 0.3 is 0 Å². The minimum absolute atomic E-state index is 0.139. The van der Waals surface area contributed by atoms with Crippen molar-refractivity contribution >= 4 is 12.0 Å². The van der Waals surface area contributed by atoms with Gasteiger partial charge in [0.1, 0.15) is 0 Å². The first-order valence-corrected chi connectivity index (χ1v) is 10.2. The van der Waals surface area contributed by atoms with Crippen molar-refractivity contribution in [1.29, 1.82) is 0 Å². The molecule has 0 saturated carbocycles. The normalized spacial score (nSPS) is 19.9. The van der Waals surface area contributed by atoms with Gasteiger partial charge in [-0.25, -0.2) is 0 Å². The first kappa shape index (κ1) is 18.9. The Kier molecular flexibility index (Phi) is 5.57. The van der Waals surface area contributed by atoms with Gasteiger partial charge in [-0.3, -0.25) is 9.69 Å². The van der Waals surface area contributed by atoms with Crippen molar-refractivity contribution in [3.8, 4) is 0 Å². The molecule has 2 aliphatic heterocycles. The molecular weight excluding hydrogens is 352 g/mol. The minimum atomic E-state index is 0.139. The van der Waals surface area contributed by atoms with Gasteiger partial charge in [0.15, 0.2) is 5.82 Å². The van der Waals surface area contributed by atoms with E-state index < -0.39 is 0 Å². The van der Waals surface area contributed by atoms with Gasteiger partial charge < -0.3 is 9.42 Å². The molecule has 6 nitrogen and oxygen atoms in total. The Morgan fingerprint density at radius 1 is 1.21 bits per heavy atom. The van der Waals surface area contributed by atoms with E-state index in [1.807, 2.05) is 30.0 Å². The lowest BCUT2D eigenvalue weighted by Gasteiger charge is -2.38. The van der Waals surface area contributed by atoms with E-state index in [1.54, 1.807) is 0 Å². The van der Waals surface area contributed by atoms with Gasteiger partial charge in [0.25, 0.3) is 0 Å². The SMILES string of the molecule is CCc1nc(CN2CCC3(CC2)CC(=O)N(CC=Cc2ccccc2)C3)no1. The molecule has 1 spiro atoms. The molecular formula is C22H28N4O2. The van der Waals surface area contributed by atoms with Crippen LogP contribution in [0.25, 0.3) is 6.08 Å². The Balaban J connectivity index is 1.28. The molecule has 3 heterocycles. The first-order chi connectivity index (χ1) is 13.7. The molecule has 0 aliphatic carbocycles. The van der Waals surface area contributed by atoms with Gasteiger partial charge in [-0.2, -0.15) is 4.98 Å². The summed E-state index contributed by atoms with van der Waals surface area (Å²) in [7, 11) is 0. The van der Waals surface area contributed by atoms with Crippen LogP contribution in [0, 0.1) is 5.41 Å². The number of piperidine rings is 1. The maximum Gasteiger partial charge on any atom is 0.226 e. The third-order valence-corrected chi connectivity index (χ3v) is 5.94. The van der Waals surface area contributed by atoms with Crippen LogP contribution in [-0.4, -0.2) is 52.0 Å². The van der Waals surface area contributed by atoms with E-state index in [9.17, 15) is 4.79 Å². The molecule has 2 saturated heterocycles. The van der Waals surface area contributed by atoms with E-state index in [1.165, 1.54) is 5.56 Å². The zero-order chi connectivity index (χ0) is 19.4. The molecule has 2 aliphatic rings. The number of carbonyl (C=O) groups is 1. The highest BCUT2D eigenvalue weighted by molar-refractivity contribution is 5.79. The van der Waals surface area contributed by atoms with Crippen molar-refractivity contribution in [3.63, 3.8) is 0 Å². The van der Waals surface area contributed by atoms with Crippen molar-refractivity contribution in [2.24, 2.45) is 5.41 Å². The van der Waals surface area contributed by atoms with Crippen LogP contribution < -0.4 is 0 Å². The number of likely N-dealkylation sites (tertiary alicyclic amines) is 2. The molecule has 6 heteroatoms. The van der Waals surface area contributed by atoms with E-state index in [0.717, 1.165) is 51.3 Å². The number of benzene rings is 1. The second-order valence-corrected chi connectivity index (χ2v) is 8.00. The third-order valence-electron chi connectivity index (χ3n) is 5.94. The number of hydrogen-bond acceptors (Lipinski definition) is 5. The largest absolute Gasteiger partial charge is 0.339 e. The average molecular weight is 380 g/mol. The number of carbonyl (C=O) groups excluding carboxylic acids is 1. The van der Waals surface area contributed by atoms with Crippen LogP contribution in [0.1, 0.15) is 43.5 Å². The van der Waals surface area contributed by atoms with Crippen LogP contribution in [0.3, 0.4) is 0 Å². The van der Waals surface area contributed by atoms with Crippen LogP contribution >= 0.6 is 0 Å². The number of rotatable bonds is 6. The Morgan fingerprint density at radius 3 is 2.71 bits per heavy atom. The second kappa shape index (κ2) is 8.27. The zero-order valence-corrected chi connectivity index (χ0v) is 16.5. The summed E-state index contributed by atoms with van der Waals surface area (Å²) in [5.74, 6) is 1.75. The van der Waals surface area contributed by atoms with E-state index in [0.29, 0.717) is 18.9 Å². The van der Waals surface area contributed by atoms with Gasteiger partial charge in [-0.1, -0.05) is 54.6 Å². The Morgan fingerprint density at radius 2 is 2.00 bits per heavy atom. The van der Waals surface area contributed by atoms with Crippen molar-refractivity contribution < 1.29 is 9.32 Å². The summed E-state index contributed by atoms with van der Waals surface area (Å²) >= 11 is 0. The van der Waals surface area contributed by atoms with Crippen LogP contribution in [0.2, 0.25) is 0 Å². The molecule has 1 aromatic carbocycles. The molecule has 2 aromatic rings. The summed E-state index contributed by atoms with van der Waals surface area (Å²) in [5, 5.41) is 4.06. The van der Waals surface area contributed by atoms with Gasteiger partial charge in [-0.15, -0.1) is 0 Å². The molecule has 4 rings (SSSR count). The molecule has 0 N–H and O–H groups in total. The molecule has 0 bridgehead atoms. The zero-order valence-electron chi connectivity index (χ0n) is 16.5. The number of nitrogens with zero attached hydrogens (tertiary/aromatic N) is 4. The molecule has 1 aromatic heterocycles. The van der Waals surface area contributed by atoms with E-state index in [-0.39, 0.29) is 11.3 Å². The fraction of sp³-hybridized carbons (Fsp3) is 0.500. The molecule has 1 amide bonds. The van der Waals surface area contributed by atoms with Crippen molar-refractivity contribution in [2.75, 3.05) is 26.2 Å². The first-order valence-electron chi connectivity index (χ1n) is 10.2. The van der Waals surface area contributed by atoms with E-state index >= 15 is 0 Å². The maximum atomic E-state index is 12.5. The van der Waals surface area contributed by atoms with Gasteiger partial charge in [0, 0.05) is 25.9 Å². The monoisotopic (exact) mass is 380 g/mol. The fourth-order valence-electron chi connectivity index (χ4n) is 4.25. The number of hydrogen-bond donors (Lipinski definition) is 0. The Bertz CT molecular complexity index is 822. The number of amides is 1. The quantitative estimate of drug-likeness (QED) is 0.770. The summed E-state index contributed by atoms with van der Waals surface area (Å²) in [6.07, 6.45) is 7.75. The Labute approximate surface area is 166 Å². The number of aromatic nitrogens is 2. The highest BCUT2D eigenvalue weighted by Crippen LogP contribution is 2.41. The average Bonchev–Trinajstić information content (AvgIpc) is 3.29. The van der Waals surface area contributed by atoms with Gasteiger partial charge in [-0.05, 0) is 36.9 Å². The third kappa shape index (κ3) is 4.33. The second-order valence-electron chi connectivity index (χ2n) is 8.00. The van der Waals surface area contributed by atoms with Crippen LogP contribution in [0.5, 0.6) is 0 Å². The summed E-state index contributed by atoms with van der Waals surface area (Å²) in [5.41, 5.74) is 1.31. The van der Waals surface area contributed by atoms with Crippen LogP contribution in [0.15, 0.2) is 40.9 Å². The lowest BCUT2D eigenvalue weighted by atomic mass is 9.77. The molecule has 148 valence electrons. The van der Waals surface area contributed by atoms with Gasteiger partial charge in [0.05, 0.1) is 6.54 Å². The van der Waals surface area contributed by atoms with Crippen molar-refractivity contribution in [1.82, 2.24) is 19.9 Å². The number of aryl methyl sites for hydroxylation is 1. The molecule has 0 atom stereocenters. The topological polar surface area (TPSA) is 62.5 Å². The summed E-state index contributed by atoms with van der Waals surface area (Å²) in [4.78, 5) is 21.3. The molecule has 0 radical (unpaired) electrons. The smallest absolute Gasteiger partial charge is 0.226 e. The summed E-state index contributed by atoms with van der Waals surface area (Å²) < 4.78 is 5.20. The highest BCUT2D eigenvalue weighted by atomic mass is 16.5. The Hall–Kier alpha value is -2.47. The predicted molar refractivity (Wildman–Crippen MR) is 107 cm³/mol. The fourth-order valence-corrected chi connectivity index (χ4v) is 4.25. The maximum absolute atomic E-state index is 12.5. The lowest BCUT2D eigenvalue weighted by Crippen LogP contribution is -2.41. The predicted octanol–water partition coefficient (Wildman–Crippen LogP) is 3.16.